The Morgan fingerprint density at radius 1 is 1.14 bits per heavy atom. The van der Waals surface area contributed by atoms with Crippen LogP contribution in [-0.4, -0.2) is 17.7 Å². The van der Waals surface area contributed by atoms with Crippen molar-refractivity contribution in [2.75, 3.05) is 5.32 Å². The maximum absolute atomic E-state index is 12.8. The van der Waals surface area contributed by atoms with Crippen LogP contribution in [0.15, 0.2) is 33.5 Å². The normalized spacial score (nSPS) is 16.0. The monoisotopic (exact) mass is 394 g/mol. The highest BCUT2D eigenvalue weighted by Crippen LogP contribution is 2.34. The molecule has 1 aromatic carbocycles. The van der Waals surface area contributed by atoms with E-state index in [1.54, 1.807) is 24.3 Å². The molecule has 1 aliphatic heterocycles. The summed E-state index contributed by atoms with van der Waals surface area (Å²) >= 11 is 0. The lowest BCUT2D eigenvalue weighted by Gasteiger charge is -2.26. The van der Waals surface area contributed by atoms with Crippen LogP contribution in [0.5, 0.6) is 0 Å². The molecule has 2 heterocycles. The summed E-state index contributed by atoms with van der Waals surface area (Å²) < 4.78 is 5.40. The van der Waals surface area contributed by atoms with Crippen LogP contribution in [0.2, 0.25) is 0 Å². The summed E-state index contributed by atoms with van der Waals surface area (Å²) in [5.74, 6) is -0.427. The number of amides is 3. The van der Waals surface area contributed by atoms with Gasteiger partial charge in [-0.05, 0) is 42.0 Å². The molecule has 0 bridgehead atoms. The molecule has 2 aromatic rings. The SMILES string of the molecule is CC(=O)Nc1ccc(-c2c(CCC3CCC3)c3c(oc2=O)CC(=O)NC3=O)cc1. The number of rotatable bonds is 5. The number of benzene rings is 1. The third-order valence-electron chi connectivity index (χ3n) is 5.62. The van der Waals surface area contributed by atoms with Crippen LogP contribution in [0.3, 0.4) is 0 Å². The van der Waals surface area contributed by atoms with E-state index in [9.17, 15) is 19.2 Å². The fourth-order valence-electron chi connectivity index (χ4n) is 3.99. The maximum Gasteiger partial charge on any atom is 0.344 e. The summed E-state index contributed by atoms with van der Waals surface area (Å²) in [5, 5.41) is 5.02. The fourth-order valence-corrected chi connectivity index (χ4v) is 3.99. The fraction of sp³-hybridized carbons (Fsp3) is 0.364. The third-order valence-corrected chi connectivity index (χ3v) is 5.62. The summed E-state index contributed by atoms with van der Waals surface area (Å²) in [7, 11) is 0. The molecule has 0 atom stereocenters. The largest absolute Gasteiger partial charge is 0.426 e. The molecule has 2 N–H and O–H groups in total. The molecule has 0 spiro atoms. The molecule has 1 aromatic heterocycles. The average Bonchev–Trinajstić information content (AvgIpc) is 2.60. The third kappa shape index (κ3) is 3.85. The zero-order chi connectivity index (χ0) is 20.5. The number of fused-ring (bicyclic) bond motifs is 1. The number of carbonyl (C=O) groups excluding carboxylic acids is 3. The van der Waals surface area contributed by atoms with Gasteiger partial charge < -0.3 is 9.73 Å². The summed E-state index contributed by atoms with van der Waals surface area (Å²) in [6, 6.07) is 6.86. The van der Waals surface area contributed by atoms with Gasteiger partial charge in [-0.3, -0.25) is 19.7 Å². The number of imide groups is 1. The van der Waals surface area contributed by atoms with Gasteiger partial charge in [-0.15, -0.1) is 0 Å². The standard InChI is InChI=1S/C22H22N2O5/c1-12(25)23-15-8-6-14(7-9-15)19-16(10-5-13-3-2-4-13)20-17(29-22(19)28)11-18(26)24-21(20)27/h6-9,13H,2-5,10-11H2,1H3,(H,23,25)(H,24,26,27). The predicted molar refractivity (Wildman–Crippen MR) is 107 cm³/mol. The van der Waals surface area contributed by atoms with E-state index >= 15 is 0 Å². The molecule has 1 saturated carbocycles. The Labute approximate surface area is 167 Å². The van der Waals surface area contributed by atoms with Gasteiger partial charge in [-0.2, -0.15) is 0 Å². The smallest absolute Gasteiger partial charge is 0.344 e. The molecule has 2 aliphatic rings. The lowest BCUT2D eigenvalue weighted by Crippen LogP contribution is -2.39. The minimum absolute atomic E-state index is 0.117. The van der Waals surface area contributed by atoms with Crippen molar-refractivity contribution < 1.29 is 18.8 Å². The van der Waals surface area contributed by atoms with Crippen molar-refractivity contribution in [2.45, 2.75) is 45.4 Å². The van der Waals surface area contributed by atoms with Gasteiger partial charge in [0.05, 0.1) is 17.5 Å². The Morgan fingerprint density at radius 3 is 2.48 bits per heavy atom. The van der Waals surface area contributed by atoms with E-state index in [4.69, 9.17) is 4.42 Å². The van der Waals surface area contributed by atoms with Gasteiger partial charge in [0.2, 0.25) is 11.8 Å². The quantitative estimate of drug-likeness (QED) is 0.759. The number of nitrogens with one attached hydrogen (secondary N) is 2. The highest BCUT2D eigenvalue weighted by atomic mass is 16.4. The first-order valence-corrected chi connectivity index (χ1v) is 9.83. The molecular formula is C22H22N2O5. The Hall–Kier alpha value is -3.22. The molecule has 0 saturated heterocycles. The minimum atomic E-state index is -0.554. The first-order chi connectivity index (χ1) is 13.9. The Kier molecular flexibility index (Phi) is 5.05. The van der Waals surface area contributed by atoms with Crippen LogP contribution in [0, 0.1) is 5.92 Å². The summed E-state index contributed by atoms with van der Waals surface area (Å²) in [5.41, 5.74) is 1.97. The summed E-state index contributed by atoms with van der Waals surface area (Å²) in [4.78, 5) is 48.4. The molecule has 7 heteroatoms. The highest BCUT2D eigenvalue weighted by molar-refractivity contribution is 6.10. The van der Waals surface area contributed by atoms with Crippen LogP contribution in [0.1, 0.15) is 54.3 Å². The van der Waals surface area contributed by atoms with Crippen molar-refractivity contribution in [1.29, 1.82) is 0 Å². The second-order valence-electron chi connectivity index (χ2n) is 7.69. The van der Waals surface area contributed by atoms with E-state index in [2.05, 4.69) is 10.6 Å². The molecule has 4 rings (SSSR count). The lowest BCUT2D eigenvalue weighted by molar-refractivity contribution is -0.120. The van der Waals surface area contributed by atoms with Gasteiger partial charge in [-0.1, -0.05) is 31.4 Å². The van der Waals surface area contributed by atoms with E-state index in [1.165, 1.54) is 13.3 Å². The number of hydrogen-bond acceptors (Lipinski definition) is 5. The van der Waals surface area contributed by atoms with Crippen molar-refractivity contribution in [3.63, 3.8) is 0 Å². The Balaban J connectivity index is 1.80. The summed E-state index contributed by atoms with van der Waals surface area (Å²) in [6.45, 7) is 1.42. The zero-order valence-corrected chi connectivity index (χ0v) is 16.2. The summed E-state index contributed by atoms with van der Waals surface area (Å²) in [6.07, 6.45) is 4.88. The van der Waals surface area contributed by atoms with Gasteiger partial charge in [0.15, 0.2) is 0 Å². The van der Waals surface area contributed by atoms with Crippen molar-refractivity contribution in [3.05, 3.63) is 51.6 Å². The van der Waals surface area contributed by atoms with Crippen LogP contribution >= 0.6 is 0 Å². The van der Waals surface area contributed by atoms with Crippen molar-refractivity contribution in [3.8, 4) is 11.1 Å². The van der Waals surface area contributed by atoms with Gasteiger partial charge in [0.1, 0.15) is 5.76 Å². The van der Waals surface area contributed by atoms with Crippen LogP contribution < -0.4 is 16.3 Å². The van der Waals surface area contributed by atoms with Gasteiger partial charge in [0, 0.05) is 12.6 Å². The van der Waals surface area contributed by atoms with Gasteiger partial charge in [0.25, 0.3) is 5.91 Å². The predicted octanol–water partition coefficient (Wildman–Crippen LogP) is 2.81. The average molecular weight is 394 g/mol. The molecule has 0 radical (unpaired) electrons. The molecular weight excluding hydrogens is 372 g/mol. The second-order valence-corrected chi connectivity index (χ2v) is 7.69. The molecule has 150 valence electrons. The molecule has 7 nitrogen and oxygen atoms in total. The molecule has 29 heavy (non-hydrogen) atoms. The van der Waals surface area contributed by atoms with E-state index < -0.39 is 17.4 Å². The topological polar surface area (TPSA) is 105 Å². The number of hydrogen-bond donors (Lipinski definition) is 2. The first-order valence-electron chi connectivity index (χ1n) is 9.83. The maximum atomic E-state index is 12.8. The van der Waals surface area contributed by atoms with E-state index in [-0.39, 0.29) is 18.1 Å². The van der Waals surface area contributed by atoms with Crippen LogP contribution in [0.25, 0.3) is 11.1 Å². The van der Waals surface area contributed by atoms with E-state index in [1.807, 2.05) is 0 Å². The first kappa shape index (κ1) is 19.1. The lowest BCUT2D eigenvalue weighted by atomic mass is 9.80. The van der Waals surface area contributed by atoms with Crippen LogP contribution in [0.4, 0.5) is 5.69 Å². The molecule has 3 amide bonds. The van der Waals surface area contributed by atoms with E-state index in [0.29, 0.717) is 40.3 Å². The van der Waals surface area contributed by atoms with Crippen molar-refractivity contribution in [2.24, 2.45) is 5.92 Å². The molecule has 1 fully saturated rings. The van der Waals surface area contributed by atoms with Crippen molar-refractivity contribution >= 4 is 23.4 Å². The Morgan fingerprint density at radius 2 is 1.86 bits per heavy atom. The van der Waals surface area contributed by atoms with E-state index in [0.717, 1.165) is 19.3 Å². The molecule has 0 unspecified atom stereocenters. The number of anilines is 1. The van der Waals surface area contributed by atoms with Crippen LogP contribution in [-0.2, 0) is 22.4 Å². The van der Waals surface area contributed by atoms with Gasteiger partial charge in [-0.25, -0.2) is 4.79 Å². The number of carbonyl (C=O) groups is 3. The highest BCUT2D eigenvalue weighted by Gasteiger charge is 2.31. The van der Waals surface area contributed by atoms with Crippen molar-refractivity contribution in [1.82, 2.24) is 5.32 Å². The van der Waals surface area contributed by atoms with Gasteiger partial charge >= 0.3 is 5.63 Å². The minimum Gasteiger partial charge on any atom is -0.426 e. The molecule has 1 aliphatic carbocycles. The Bertz CT molecular complexity index is 1050. The second kappa shape index (κ2) is 7.66. The zero-order valence-electron chi connectivity index (χ0n) is 16.2.